The van der Waals surface area contributed by atoms with Crippen molar-refractivity contribution in [2.75, 3.05) is 49.7 Å². The van der Waals surface area contributed by atoms with Crippen LogP contribution in [0.2, 0.25) is 0 Å². The van der Waals surface area contributed by atoms with Crippen LogP contribution in [0.1, 0.15) is 32.6 Å². The van der Waals surface area contributed by atoms with Crippen LogP contribution in [0.3, 0.4) is 0 Å². The Morgan fingerprint density at radius 1 is 1.03 bits per heavy atom. The van der Waals surface area contributed by atoms with Crippen molar-refractivity contribution in [2.45, 2.75) is 32.6 Å². The summed E-state index contributed by atoms with van der Waals surface area (Å²) < 4.78 is 9.89. The lowest BCUT2D eigenvalue weighted by molar-refractivity contribution is -0.383. The molecule has 2 saturated heterocycles. The van der Waals surface area contributed by atoms with Crippen LogP contribution in [0.25, 0.3) is 0 Å². The van der Waals surface area contributed by atoms with Crippen molar-refractivity contribution >= 4 is 29.3 Å². The third-order valence-electron chi connectivity index (χ3n) is 5.71. The number of methoxy groups -OCH3 is 1. The summed E-state index contributed by atoms with van der Waals surface area (Å²) >= 11 is 0. The molecule has 0 unspecified atom stereocenters. The fourth-order valence-electron chi connectivity index (χ4n) is 4.07. The summed E-state index contributed by atoms with van der Waals surface area (Å²) in [5.41, 5.74) is -0.136. The van der Waals surface area contributed by atoms with E-state index in [4.69, 9.17) is 9.47 Å². The summed E-state index contributed by atoms with van der Waals surface area (Å²) in [6, 6.07) is 0. The number of hydrogen-bond acceptors (Lipinski definition) is 10. The largest absolute Gasteiger partial charge is 0.469 e. The average Bonchev–Trinajstić information content (AvgIpc) is 2.78. The number of esters is 2. The van der Waals surface area contributed by atoms with Gasteiger partial charge in [0.2, 0.25) is 11.6 Å². The lowest BCUT2D eigenvalue weighted by atomic mass is 9.96. The smallest absolute Gasteiger partial charge is 0.353 e. The van der Waals surface area contributed by atoms with Gasteiger partial charge in [-0.3, -0.25) is 19.7 Å². The fourth-order valence-corrected chi connectivity index (χ4v) is 4.07. The summed E-state index contributed by atoms with van der Waals surface area (Å²) in [7, 11) is 1.36. The maximum atomic E-state index is 12.0. The second kappa shape index (κ2) is 9.68. The Labute approximate surface area is 174 Å². The third kappa shape index (κ3) is 4.60. The molecule has 0 atom stereocenters. The molecular weight excluding hydrogens is 394 g/mol. The number of carbonyl (C=O) groups excluding carboxylic acids is 2. The van der Waals surface area contributed by atoms with Crippen LogP contribution in [0.5, 0.6) is 0 Å². The molecule has 3 heterocycles. The molecule has 11 nitrogen and oxygen atoms in total. The third-order valence-corrected chi connectivity index (χ3v) is 5.71. The number of hydrogen-bond donors (Lipinski definition) is 0. The van der Waals surface area contributed by atoms with E-state index < -0.39 is 4.92 Å². The van der Waals surface area contributed by atoms with Crippen molar-refractivity contribution in [1.29, 1.82) is 0 Å². The van der Waals surface area contributed by atoms with Crippen LogP contribution in [0.15, 0.2) is 6.33 Å². The normalized spacial score (nSPS) is 18.2. The molecule has 0 radical (unpaired) electrons. The molecule has 30 heavy (non-hydrogen) atoms. The first-order valence-corrected chi connectivity index (χ1v) is 10.2. The Hall–Kier alpha value is -2.98. The summed E-state index contributed by atoms with van der Waals surface area (Å²) in [5, 5.41) is 11.9. The van der Waals surface area contributed by atoms with Crippen LogP contribution < -0.4 is 9.80 Å². The van der Waals surface area contributed by atoms with E-state index in [0.717, 1.165) is 0 Å². The summed E-state index contributed by atoms with van der Waals surface area (Å²) in [5.74, 6) is -0.337. The highest BCUT2D eigenvalue weighted by atomic mass is 16.6. The van der Waals surface area contributed by atoms with E-state index in [-0.39, 0.29) is 41.1 Å². The number of anilines is 2. The Bertz CT molecular complexity index is 788. The van der Waals surface area contributed by atoms with Gasteiger partial charge >= 0.3 is 17.6 Å². The summed E-state index contributed by atoms with van der Waals surface area (Å²) in [6.07, 6.45) is 3.55. The van der Waals surface area contributed by atoms with Crippen molar-refractivity contribution in [2.24, 2.45) is 11.8 Å². The Morgan fingerprint density at radius 3 is 1.90 bits per heavy atom. The Balaban J connectivity index is 1.76. The highest BCUT2D eigenvalue weighted by Gasteiger charge is 2.35. The molecule has 1 aromatic heterocycles. The molecule has 2 aliphatic heterocycles. The second-order valence-electron chi connectivity index (χ2n) is 7.42. The van der Waals surface area contributed by atoms with Gasteiger partial charge in [-0.25, -0.2) is 9.97 Å². The van der Waals surface area contributed by atoms with E-state index in [0.29, 0.717) is 58.5 Å². The fraction of sp³-hybridized carbons (Fsp3) is 0.684. The van der Waals surface area contributed by atoms with Crippen molar-refractivity contribution in [3.63, 3.8) is 0 Å². The first-order chi connectivity index (χ1) is 14.5. The van der Waals surface area contributed by atoms with Gasteiger partial charge in [0.25, 0.3) is 0 Å². The maximum Gasteiger partial charge on any atom is 0.353 e. The van der Waals surface area contributed by atoms with E-state index in [1.807, 2.05) is 9.80 Å². The highest BCUT2D eigenvalue weighted by molar-refractivity contribution is 5.75. The van der Waals surface area contributed by atoms with E-state index in [1.165, 1.54) is 13.4 Å². The number of piperidine rings is 2. The standard InChI is InChI=1S/C19H27N5O6/c1-3-30-19(26)14-6-10-23(11-7-14)17-15(24(27)28)16(20-12-21-17)22-8-4-13(5-9-22)18(25)29-2/h12-14H,3-11H2,1-2H3. The van der Waals surface area contributed by atoms with Crippen molar-refractivity contribution in [3.05, 3.63) is 16.4 Å². The van der Waals surface area contributed by atoms with Crippen LogP contribution in [0.4, 0.5) is 17.3 Å². The van der Waals surface area contributed by atoms with E-state index in [1.54, 1.807) is 6.92 Å². The number of rotatable bonds is 6. The lowest BCUT2D eigenvalue weighted by Gasteiger charge is -2.33. The molecule has 0 aromatic carbocycles. The van der Waals surface area contributed by atoms with E-state index in [2.05, 4.69) is 9.97 Å². The molecule has 2 fully saturated rings. The van der Waals surface area contributed by atoms with Crippen LogP contribution >= 0.6 is 0 Å². The van der Waals surface area contributed by atoms with Gasteiger partial charge in [-0.1, -0.05) is 0 Å². The predicted molar refractivity (Wildman–Crippen MR) is 107 cm³/mol. The first-order valence-electron chi connectivity index (χ1n) is 10.2. The summed E-state index contributed by atoms with van der Waals surface area (Å²) in [6.45, 7) is 4.01. The van der Waals surface area contributed by atoms with Crippen LogP contribution in [-0.2, 0) is 19.1 Å². The van der Waals surface area contributed by atoms with Gasteiger partial charge in [0.15, 0.2) is 0 Å². The number of aromatic nitrogens is 2. The van der Waals surface area contributed by atoms with Crippen molar-refractivity contribution in [1.82, 2.24) is 9.97 Å². The molecule has 0 bridgehead atoms. The quantitative estimate of drug-likeness (QED) is 0.379. The van der Waals surface area contributed by atoms with Gasteiger partial charge in [-0.2, -0.15) is 0 Å². The monoisotopic (exact) mass is 421 g/mol. The van der Waals surface area contributed by atoms with Crippen molar-refractivity contribution < 1.29 is 24.0 Å². The van der Waals surface area contributed by atoms with Gasteiger partial charge < -0.3 is 19.3 Å². The lowest BCUT2D eigenvalue weighted by Crippen LogP contribution is -2.39. The molecule has 0 spiro atoms. The average molecular weight is 421 g/mol. The number of carbonyl (C=O) groups is 2. The van der Waals surface area contributed by atoms with E-state index in [9.17, 15) is 19.7 Å². The minimum absolute atomic E-state index is 0.136. The summed E-state index contributed by atoms with van der Waals surface area (Å²) in [4.78, 5) is 47.2. The molecule has 0 amide bonds. The molecule has 2 aliphatic rings. The van der Waals surface area contributed by atoms with Crippen LogP contribution in [0, 0.1) is 22.0 Å². The minimum Gasteiger partial charge on any atom is -0.469 e. The van der Waals surface area contributed by atoms with Gasteiger partial charge in [0.05, 0.1) is 30.5 Å². The SMILES string of the molecule is CCOC(=O)C1CCN(c2ncnc(N3CCC(C(=O)OC)CC3)c2[N+](=O)[O-])CC1. The highest BCUT2D eigenvalue weighted by Crippen LogP contribution is 2.37. The van der Waals surface area contributed by atoms with Gasteiger partial charge in [0.1, 0.15) is 6.33 Å². The van der Waals surface area contributed by atoms with E-state index >= 15 is 0 Å². The zero-order valence-electron chi connectivity index (χ0n) is 17.3. The molecule has 3 rings (SSSR count). The molecule has 11 heteroatoms. The van der Waals surface area contributed by atoms with Gasteiger partial charge in [0, 0.05) is 26.2 Å². The molecular formula is C19H27N5O6. The molecule has 0 N–H and O–H groups in total. The molecule has 1 aromatic rings. The van der Waals surface area contributed by atoms with Crippen molar-refractivity contribution in [3.8, 4) is 0 Å². The predicted octanol–water partition coefficient (Wildman–Crippen LogP) is 1.55. The molecule has 0 aliphatic carbocycles. The molecule has 164 valence electrons. The van der Waals surface area contributed by atoms with Crippen LogP contribution in [-0.4, -0.2) is 66.7 Å². The number of nitrogens with zero attached hydrogens (tertiary/aromatic N) is 5. The first kappa shape index (κ1) is 21.7. The minimum atomic E-state index is -0.450. The second-order valence-corrected chi connectivity index (χ2v) is 7.42. The zero-order chi connectivity index (χ0) is 21.7. The Kier molecular flexibility index (Phi) is 7.01. The topological polar surface area (TPSA) is 128 Å². The van der Waals surface area contributed by atoms with Gasteiger partial charge in [-0.15, -0.1) is 0 Å². The zero-order valence-corrected chi connectivity index (χ0v) is 17.3. The number of ether oxygens (including phenoxy) is 2. The Morgan fingerprint density at radius 2 is 1.50 bits per heavy atom. The van der Waals surface area contributed by atoms with Gasteiger partial charge in [-0.05, 0) is 32.6 Å². The number of nitro groups is 1. The maximum absolute atomic E-state index is 12.0. The molecule has 0 saturated carbocycles.